The van der Waals surface area contributed by atoms with Gasteiger partial charge in [-0.05, 0) is 36.5 Å². The number of hydrogen-bond donors (Lipinski definition) is 0. The maximum atomic E-state index is 13.8. The van der Waals surface area contributed by atoms with Gasteiger partial charge >= 0.3 is 0 Å². The summed E-state index contributed by atoms with van der Waals surface area (Å²) in [7, 11) is 0. The maximum absolute atomic E-state index is 13.8. The highest BCUT2D eigenvalue weighted by atomic mass is 19.2. The summed E-state index contributed by atoms with van der Waals surface area (Å²) in [5.74, 6) is -3.23. The van der Waals surface area contributed by atoms with Crippen molar-refractivity contribution in [3.05, 3.63) is 65.4 Å². The summed E-state index contributed by atoms with van der Waals surface area (Å²) in [6, 6.07) is 3.58. The Kier molecular flexibility index (Phi) is 2.54. The Morgan fingerprint density at radius 3 is 2.67 bits per heavy atom. The molecule has 1 saturated carbocycles. The first kappa shape index (κ1) is 12.4. The van der Waals surface area contributed by atoms with E-state index < -0.39 is 17.5 Å². The van der Waals surface area contributed by atoms with E-state index in [0.29, 0.717) is 12.1 Å². The average Bonchev–Trinajstić information content (AvgIpc) is 3.09. The van der Waals surface area contributed by atoms with Gasteiger partial charge in [0.25, 0.3) is 0 Å². The van der Waals surface area contributed by atoms with Crippen LogP contribution in [-0.4, -0.2) is 14.6 Å². The molecule has 3 aromatic rings. The molecule has 1 fully saturated rings. The SMILES string of the molecule is Fc1ccc(F)c([C@H]2C[C@@H]2c2ccnn3ccnc23)c1F. The highest BCUT2D eigenvalue weighted by Gasteiger charge is 2.44. The van der Waals surface area contributed by atoms with Crippen molar-refractivity contribution in [1.82, 2.24) is 14.6 Å². The molecular weight excluding hydrogens is 279 g/mol. The van der Waals surface area contributed by atoms with Gasteiger partial charge in [-0.3, -0.25) is 0 Å². The molecule has 0 aliphatic heterocycles. The van der Waals surface area contributed by atoms with E-state index in [2.05, 4.69) is 10.1 Å². The van der Waals surface area contributed by atoms with E-state index in [9.17, 15) is 13.2 Å². The molecule has 21 heavy (non-hydrogen) atoms. The van der Waals surface area contributed by atoms with Gasteiger partial charge in [-0.25, -0.2) is 22.7 Å². The van der Waals surface area contributed by atoms with E-state index in [1.165, 1.54) is 0 Å². The molecule has 0 saturated heterocycles. The van der Waals surface area contributed by atoms with E-state index in [4.69, 9.17) is 0 Å². The molecular formula is C15H10F3N3. The van der Waals surface area contributed by atoms with Crippen LogP contribution in [0.2, 0.25) is 0 Å². The van der Waals surface area contributed by atoms with Crippen LogP contribution in [0.1, 0.15) is 29.4 Å². The zero-order chi connectivity index (χ0) is 14.6. The van der Waals surface area contributed by atoms with Crippen molar-refractivity contribution in [3.8, 4) is 0 Å². The third kappa shape index (κ3) is 1.82. The van der Waals surface area contributed by atoms with Crippen LogP contribution >= 0.6 is 0 Å². The Hall–Kier alpha value is -2.37. The summed E-state index contributed by atoms with van der Waals surface area (Å²) in [5, 5.41) is 4.11. The van der Waals surface area contributed by atoms with E-state index in [1.54, 1.807) is 29.2 Å². The Morgan fingerprint density at radius 1 is 1.00 bits per heavy atom. The second kappa shape index (κ2) is 4.31. The highest BCUT2D eigenvalue weighted by molar-refractivity contribution is 5.53. The molecule has 0 radical (unpaired) electrons. The monoisotopic (exact) mass is 289 g/mol. The average molecular weight is 289 g/mol. The van der Waals surface area contributed by atoms with E-state index >= 15 is 0 Å². The molecule has 1 aliphatic rings. The lowest BCUT2D eigenvalue weighted by Gasteiger charge is -2.06. The van der Waals surface area contributed by atoms with Gasteiger partial charge in [-0.1, -0.05) is 0 Å². The molecule has 0 unspecified atom stereocenters. The zero-order valence-corrected chi connectivity index (χ0v) is 10.8. The minimum absolute atomic E-state index is 0.0660. The number of halogens is 3. The Bertz CT molecular complexity index is 843. The predicted octanol–water partition coefficient (Wildman–Crippen LogP) is 3.42. The quantitative estimate of drug-likeness (QED) is 0.677. The number of benzene rings is 1. The molecule has 0 bridgehead atoms. The predicted molar refractivity (Wildman–Crippen MR) is 69.4 cm³/mol. The molecule has 0 spiro atoms. The van der Waals surface area contributed by atoms with Crippen LogP contribution < -0.4 is 0 Å². The summed E-state index contributed by atoms with van der Waals surface area (Å²) >= 11 is 0. The van der Waals surface area contributed by atoms with Crippen LogP contribution in [0.25, 0.3) is 5.65 Å². The number of imidazole rings is 1. The number of fused-ring (bicyclic) bond motifs is 1. The maximum Gasteiger partial charge on any atom is 0.165 e. The van der Waals surface area contributed by atoms with Crippen molar-refractivity contribution in [3.63, 3.8) is 0 Å². The normalized spacial score (nSPS) is 20.9. The second-order valence-electron chi connectivity index (χ2n) is 5.19. The van der Waals surface area contributed by atoms with Crippen LogP contribution in [0.4, 0.5) is 13.2 Å². The molecule has 0 amide bonds. The van der Waals surface area contributed by atoms with Gasteiger partial charge in [0.2, 0.25) is 0 Å². The van der Waals surface area contributed by atoms with Crippen molar-refractivity contribution < 1.29 is 13.2 Å². The molecule has 6 heteroatoms. The lowest BCUT2D eigenvalue weighted by atomic mass is 10.0. The van der Waals surface area contributed by atoms with Crippen molar-refractivity contribution in [2.75, 3.05) is 0 Å². The summed E-state index contributed by atoms with van der Waals surface area (Å²) in [6.07, 6.45) is 5.52. The summed E-state index contributed by atoms with van der Waals surface area (Å²) in [5.41, 5.74) is 1.38. The molecule has 3 nitrogen and oxygen atoms in total. The van der Waals surface area contributed by atoms with Gasteiger partial charge in [-0.15, -0.1) is 0 Å². The van der Waals surface area contributed by atoms with Crippen LogP contribution in [0.5, 0.6) is 0 Å². The molecule has 2 heterocycles. The molecule has 2 aromatic heterocycles. The fourth-order valence-electron chi connectivity index (χ4n) is 2.89. The van der Waals surface area contributed by atoms with Gasteiger partial charge in [0, 0.05) is 29.7 Å². The molecule has 1 aliphatic carbocycles. The van der Waals surface area contributed by atoms with Gasteiger partial charge in [0.1, 0.15) is 5.82 Å². The molecule has 1 aromatic carbocycles. The van der Waals surface area contributed by atoms with Gasteiger partial charge in [0.15, 0.2) is 17.3 Å². The summed E-state index contributed by atoms with van der Waals surface area (Å²) in [4.78, 5) is 4.21. The Balaban J connectivity index is 1.76. The first-order valence-electron chi connectivity index (χ1n) is 6.58. The fraction of sp³-hybridized carbons (Fsp3) is 0.200. The van der Waals surface area contributed by atoms with Crippen LogP contribution in [0.3, 0.4) is 0 Å². The first-order valence-corrected chi connectivity index (χ1v) is 6.58. The van der Waals surface area contributed by atoms with Crippen LogP contribution in [0, 0.1) is 17.5 Å². The van der Waals surface area contributed by atoms with Gasteiger partial charge < -0.3 is 0 Å². The van der Waals surface area contributed by atoms with Crippen molar-refractivity contribution in [2.24, 2.45) is 0 Å². The molecule has 106 valence electrons. The van der Waals surface area contributed by atoms with E-state index in [-0.39, 0.29) is 17.4 Å². The largest absolute Gasteiger partial charge is 0.235 e. The lowest BCUT2D eigenvalue weighted by molar-refractivity contribution is 0.479. The van der Waals surface area contributed by atoms with Crippen molar-refractivity contribution >= 4 is 5.65 Å². The zero-order valence-electron chi connectivity index (χ0n) is 10.8. The van der Waals surface area contributed by atoms with Gasteiger partial charge in [-0.2, -0.15) is 5.10 Å². The van der Waals surface area contributed by atoms with E-state index in [1.807, 2.05) is 0 Å². The van der Waals surface area contributed by atoms with Crippen LogP contribution in [0.15, 0.2) is 36.8 Å². The molecule has 2 atom stereocenters. The number of nitrogens with zero attached hydrogens (tertiary/aromatic N) is 3. The lowest BCUT2D eigenvalue weighted by Crippen LogP contribution is -1.99. The fourth-order valence-corrected chi connectivity index (χ4v) is 2.89. The highest BCUT2D eigenvalue weighted by Crippen LogP contribution is 2.56. The smallest absolute Gasteiger partial charge is 0.165 e. The summed E-state index contributed by atoms with van der Waals surface area (Å²) in [6.45, 7) is 0. The molecule has 0 N–H and O–H groups in total. The van der Waals surface area contributed by atoms with Crippen molar-refractivity contribution in [1.29, 1.82) is 0 Å². The summed E-state index contributed by atoms with van der Waals surface area (Å²) < 4.78 is 42.6. The third-order valence-corrected chi connectivity index (χ3v) is 3.97. The topological polar surface area (TPSA) is 30.2 Å². The number of rotatable bonds is 2. The number of hydrogen-bond acceptors (Lipinski definition) is 2. The minimum Gasteiger partial charge on any atom is -0.235 e. The van der Waals surface area contributed by atoms with Crippen molar-refractivity contribution in [2.45, 2.75) is 18.3 Å². The van der Waals surface area contributed by atoms with Crippen LogP contribution in [-0.2, 0) is 0 Å². The van der Waals surface area contributed by atoms with E-state index in [0.717, 1.165) is 17.7 Å². The first-order chi connectivity index (χ1) is 10.2. The standard InChI is InChI=1S/C15H10F3N3/c16-11-1-2-12(17)14(18)13(11)10-7-9(10)8-3-4-20-21-6-5-19-15(8)21/h1-6,9-10H,7H2/t9-,10+/m1/s1. The second-order valence-corrected chi connectivity index (χ2v) is 5.19. The Morgan fingerprint density at radius 2 is 1.81 bits per heavy atom. The molecule has 4 rings (SSSR count). The van der Waals surface area contributed by atoms with Gasteiger partial charge in [0.05, 0.1) is 0 Å². The minimum atomic E-state index is -1.09. The number of aromatic nitrogens is 3. The third-order valence-electron chi connectivity index (χ3n) is 3.97. The Labute approximate surface area is 118 Å².